The molecule has 4 aromatic rings. The molecule has 1 aliphatic heterocycles. The second-order valence-electron chi connectivity index (χ2n) is 21.8. The fraction of sp³-hybridized carbons (Fsp3) is 0.393. The van der Waals surface area contributed by atoms with Crippen LogP contribution in [0, 0.1) is 21.6 Å². The van der Waals surface area contributed by atoms with E-state index in [1.54, 1.807) is 0 Å². The van der Waals surface area contributed by atoms with Crippen molar-refractivity contribution in [3.05, 3.63) is 95.1 Å². The van der Waals surface area contributed by atoms with E-state index < -0.39 is 83.4 Å². The Morgan fingerprint density at radius 1 is 0.448 bits per heavy atom. The lowest BCUT2D eigenvalue weighted by Crippen LogP contribution is -2.45. The van der Waals surface area contributed by atoms with Gasteiger partial charge in [-0.3, -0.25) is 64.8 Å². The minimum atomic E-state index is -1.34. The quantitative estimate of drug-likeness (QED) is 0.0153. The Balaban J connectivity index is 1.37. The number of hydrogen-bond donors (Lipinski definition) is 21. The number of anilines is 4. The van der Waals surface area contributed by atoms with Crippen LogP contribution in [0.5, 0.6) is 23.0 Å². The summed E-state index contributed by atoms with van der Waals surface area (Å²) in [6.07, 6.45) is 2.11. The van der Waals surface area contributed by atoms with E-state index in [1.165, 1.54) is 106 Å². The summed E-state index contributed by atoms with van der Waals surface area (Å²) in [5.41, 5.74) is 33.6. The Morgan fingerprint density at radius 3 is 1.04 bits per heavy atom. The number of amides is 9. The number of likely N-dealkylation sites (tertiary alicyclic amines) is 1. The molecule has 5 rings (SSSR count). The van der Waals surface area contributed by atoms with Gasteiger partial charge in [0, 0.05) is 55.5 Å². The lowest BCUT2D eigenvalue weighted by atomic mass is 10.1. The van der Waals surface area contributed by atoms with Crippen molar-refractivity contribution in [3.8, 4) is 23.0 Å². The van der Waals surface area contributed by atoms with E-state index in [4.69, 9.17) is 75.0 Å². The summed E-state index contributed by atoms with van der Waals surface area (Å²) in [5.74, 6) is -7.43. The second-order valence-corrected chi connectivity index (χ2v) is 21.8. The number of nitrogens with zero attached hydrogens (tertiary/aromatic N) is 1. The number of guanidine groups is 4. The van der Waals surface area contributed by atoms with Crippen LogP contribution in [0.4, 0.5) is 22.7 Å². The van der Waals surface area contributed by atoms with Crippen LogP contribution >= 0.6 is 0 Å². The first-order valence-corrected chi connectivity index (χ1v) is 30.3. The molecule has 1 fully saturated rings. The van der Waals surface area contributed by atoms with Gasteiger partial charge >= 0.3 is 0 Å². The average molecular weight is 1340 g/mol. The SMILES string of the molecule is COc1ccc(NC(=O)[C@H](CCCNC(=N)N)NC(=O)c2cc(NC(=O)[C@@H](N)CCCNC(=N)N)ccc2OC)cc1C(=O)N[C@@H](CCCNC(=N)N)C(=O)Nc1ccc(OC)c(C(=O)N[C@@H](CCCNC(=N)N)C(=O)Nc2ccc(OC)c(C(=O)N3CCC[C@H]3C(N)=O)c2)c1. The van der Waals surface area contributed by atoms with Gasteiger partial charge in [0.1, 0.15) is 47.2 Å². The molecule has 0 spiro atoms. The molecule has 4 aromatic carbocycles. The van der Waals surface area contributed by atoms with Crippen molar-refractivity contribution in [3.63, 3.8) is 0 Å². The summed E-state index contributed by atoms with van der Waals surface area (Å²) in [6.45, 7) is 0.969. The molecule has 27 N–H and O–H groups in total. The van der Waals surface area contributed by atoms with E-state index in [9.17, 15) is 43.2 Å². The number of carbonyl (C=O) groups excluding carboxylic acids is 9. The van der Waals surface area contributed by atoms with Crippen LogP contribution in [-0.2, 0) is 24.0 Å². The van der Waals surface area contributed by atoms with Gasteiger partial charge in [-0.15, -0.1) is 0 Å². The molecule has 9 amide bonds. The van der Waals surface area contributed by atoms with Crippen molar-refractivity contribution < 1.29 is 62.1 Å². The van der Waals surface area contributed by atoms with Crippen molar-refractivity contribution >= 4 is 99.8 Å². The van der Waals surface area contributed by atoms with Gasteiger partial charge in [0.05, 0.1) is 56.7 Å². The van der Waals surface area contributed by atoms with Crippen molar-refractivity contribution in [1.29, 1.82) is 21.6 Å². The van der Waals surface area contributed by atoms with Gasteiger partial charge in [-0.05, 0) is 137 Å². The molecule has 1 saturated heterocycles. The molecule has 1 heterocycles. The molecule has 0 bridgehead atoms. The summed E-state index contributed by atoms with van der Waals surface area (Å²) < 4.78 is 22.0. The molecule has 0 unspecified atom stereocenters. The monoisotopic (exact) mass is 1330 g/mol. The fourth-order valence-electron chi connectivity index (χ4n) is 10.0. The first-order chi connectivity index (χ1) is 45.8. The fourth-order valence-corrected chi connectivity index (χ4v) is 10.0. The van der Waals surface area contributed by atoms with Gasteiger partial charge in [0.25, 0.3) is 23.6 Å². The van der Waals surface area contributed by atoms with Gasteiger partial charge in [0.2, 0.25) is 29.5 Å². The minimum Gasteiger partial charge on any atom is -0.496 e. The third-order valence-electron chi connectivity index (χ3n) is 14.8. The Bertz CT molecular complexity index is 3520. The summed E-state index contributed by atoms with van der Waals surface area (Å²) in [7, 11) is 5.27. The standard InChI is InChI=1S/C61H86N22O13/c1-93-45-19-15-32(76-53(88)40(62)10-5-23-72-58(64)65)28-36(45)50(85)80-41(11-6-24-73-59(66)67)54(89)77-33-16-20-46(94-2)37(29-33)51(86)81-42(12-7-25-74-60(68)69)55(90)78-34-17-21-47(95-3)38(30-34)52(87)82-43(13-8-26-75-61(70)71)56(91)79-35-18-22-48(96-4)39(31-35)57(92)83-27-9-14-44(83)49(63)84/h15-22,28-31,40-44H,5-14,23-27,62H2,1-4H3,(H2,63,84)(H,76,88)(H,77,89)(H,78,90)(H,79,91)(H,80,85)(H,81,86)(H,82,87)(H4,64,65,72)(H4,66,67,73)(H4,68,69,74)(H4,70,71,75)/t40-,41-,42-,43-,44-/m0/s1. The number of nitrogens with two attached hydrogens (primary N) is 6. The number of methoxy groups -OCH3 is 4. The number of hydrogen-bond acceptors (Lipinski definition) is 18. The predicted octanol–water partition coefficient (Wildman–Crippen LogP) is -0.659. The molecule has 0 aliphatic carbocycles. The summed E-state index contributed by atoms with van der Waals surface area (Å²) >= 11 is 0. The van der Waals surface area contributed by atoms with Crippen molar-refractivity contribution in [2.45, 2.75) is 94.4 Å². The highest BCUT2D eigenvalue weighted by molar-refractivity contribution is 6.08. The van der Waals surface area contributed by atoms with Crippen LogP contribution in [-0.4, -0.2) is 173 Å². The number of carbonyl (C=O) groups is 9. The Kier molecular flexibility index (Phi) is 29.1. The third kappa shape index (κ3) is 22.9. The maximum absolute atomic E-state index is 14.4. The normalized spacial score (nSPS) is 13.5. The highest BCUT2D eigenvalue weighted by Crippen LogP contribution is 2.30. The Morgan fingerprint density at radius 2 is 0.740 bits per heavy atom. The smallest absolute Gasteiger partial charge is 0.258 e. The van der Waals surface area contributed by atoms with Gasteiger partial charge in [-0.1, -0.05) is 0 Å². The zero-order valence-electron chi connectivity index (χ0n) is 53.6. The van der Waals surface area contributed by atoms with Crippen molar-refractivity contribution in [2.75, 3.05) is 82.4 Å². The van der Waals surface area contributed by atoms with E-state index in [2.05, 4.69) is 58.5 Å². The maximum Gasteiger partial charge on any atom is 0.258 e. The average Bonchev–Trinajstić information content (AvgIpc) is 1.29. The van der Waals surface area contributed by atoms with Gasteiger partial charge in [-0.25, -0.2) is 0 Å². The maximum atomic E-state index is 14.4. The number of nitrogens with one attached hydrogen (secondary N) is 15. The molecular formula is C61H86N22O13. The lowest BCUT2D eigenvalue weighted by Gasteiger charge is -2.24. The number of ether oxygens (including phenoxy) is 4. The van der Waals surface area contributed by atoms with E-state index in [0.717, 1.165) is 0 Å². The van der Waals surface area contributed by atoms with Gasteiger partial charge in [-0.2, -0.15) is 0 Å². The number of primary amides is 1. The Hall–Kier alpha value is -11.7. The molecule has 96 heavy (non-hydrogen) atoms. The topological polar surface area (TPSA) is 578 Å². The zero-order valence-corrected chi connectivity index (χ0v) is 53.6. The molecular weight excluding hydrogens is 1250 g/mol. The van der Waals surface area contributed by atoms with E-state index >= 15 is 0 Å². The molecule has 5 atom stereocenters. The van der Waals surface area contributed by atoms with Gasteiger partial charge in [0.15, 0.2) is 23.8 Å². The zero-order chi connectivity index (χ0) is 70.6. The summed E-state index contributed by atoms with van der Waals surface area (Å²) in [4.78, 5) is 126. The van der Waals surface area contributed by atoms with Crippen LogP contribution in [0.25, 0.3) is 0 Å². The van der Waals surface area contributed by atoms with Crippen LogP contribution in [0.2, 0.25) is 0 Å². The molecule has 35 heteroatoms. The third-order valence-corrected chi connectivity index (χ3v) is 14.8. The largest absolute Gasteiger partial charge is 0.496 e. The van der Waals surface area contributed by atoms with Crippen LogP contribution in [0.15, 0.2) is 72.8 Å². The van der Waals surface area contributed by atoms with E-state index in [-0.39, 0.29) is 163 Å². The lowest BCUT2D eigenvalue weighted by molar-refractivity contribution is -0.122. The van der Waals surface area contributed by atoms with E-state index in [1.807, 2.05) is 0 Å². The first-order valence-electron chi connectivity index (χ1n) is 30.3. The Labute approximate surface area is 553 Å². The molecule has 0 saturated carbocycles. The first kappa shape index (κ1) is 75.1. The summed E-state index contributed by atoms with van der Waals surface area (Å²) in [6, 6.07) is 11.1. The van der Waals surface area contributed by atoms with Crippen LogP contribution in [0.1, 0.15) is 106 Å². The summed E-state index contributed by atoms with van der Waals surface area (Å²) in [5, 5.41) is 59.7. The van der Waals surface area contributed by atoms with Crippen molar-refractivity contribution in [1.82, 2.24) is 42.1 Å². The molecule has 0 radical (unpaired) electrons. The second kappa shape index (κ2) is 37.1. The molecule has 518 valence electrons. The van der Waals surface area contributed by atoms with E-state index in [0.29, 0.717) is 25.8 Å². The minimum absolute atomic E-state index is 0.00879. The van der Waals surface area contributed by atoms with Crippen molar-refractivity contribution in [2.24, 2.45) is 34.4 Å². The predicted molar refractivity (Wildman–Crippen MR) is 358 cm³/mol. The van der Waals surface area contributed by atoms with Crippen LogP contribution in [0.3, 0.4) is 0 Å². The van der Waals surface area contributed by atoms with Gasteiger partial charge < -0.3 is 117 Å². The highest BCUT2D eigenvalue weighted by Gasteiger charge is 2.35. The highest BCUT2D eigenvalue weighted by atomic mass is 16.5. The molecule has 35 nitrogen and oxygen atoms in total. The molecule has 1 aliphatic rings. The molecule has 0 aromatic heterocycles. The number of rotatable bonds is 36. The number of benzene rings is 4. The van der Waals surface area contributed by atoms with Crippen LogP contribution < -0.4 is 112 Å².